The van der Waals surface area contributed by atoms with Gasteiger partial charge in [0, 0.05) is 6.54 Å². The van der Waals surface area contributed by atoms with Gasteiger partial charge in [0.2, 0.25) is 0 Å². The first-order valence-corrected chi connectivity index (χ1v) is 2.68. The number of rotatable bonds is 2. The summed E-state index contributed by atoms with van der Waals surface area (Å²) in [6.45, 7) is -0.232. The number of hydrazine groups is 1. The maximum Gasteiger partial charge on any atom is 0.342 e. The van der Waals surface area contributed by atoms with Gasteiger partial charge in [-0.15, -0.1) is 6.42 Å². The van der Waals surface area contributed by atoms with Crippen molar-refractivity contribution in [3.8, 4) is 12.3 Å². The van der Waals surface area contributed by atoms with Crippen molar-refractivity contribution in [2.24, 2.45) is 5.73 Å². The quantitative estimate of drug-likeness (QED) is 0.347. The van der Waals surface area contributed by atoms with Crippen molar-refractivity contribution in [1.29, 1.82) is 0 Å². The highest BCUT2D eigenvalue weighted by atomic mass is 19.3. The van der Waals surface area contributed by atoms with Crippen LogP contribution in [0.15, 0.2) is 0 Å². The molecule has 0 saturated carbocycles. The number of nitrogens with two attached hydrogens (primary N) is 1. The lowest BCUT2D eigenvalue weighted by Crippen LogP contribution is -2.46. The summed E-state index contributed by atoms with van der Waals surface area (Å²) in [6.07, 6.45) is 4.57. The second-order valence-corrected chi connectivity index (χ2v) is 2.08. The molecule has 3 nitrogen and oxygen atoms in total. The van der Waals surface area contributed by atoms with E-state index in [1.807, 2.05) is 0 Å². The molecule has 10 heavy (non-hydrogen) atoms. The van der Waals surface area contributed by atoms with Crippen LogP contribution in [0.5, 0.6) is 0 Å². The summed E-state index contributed by atoms with van der Waals surface area (Å²) in [5.74, 6) is -1.86. The fourth-order valence-electron chi connectivity index (χ4n) is 0.586. The van der Waals surface area contributed by atoms with Crippen molar-refractivity contribution in [2.45, 2.75) is 11.6 Å². The molecule has 1 aliphatic heterocycles. The zero-order valence-corrected chi connectivity index (χ0v) is 5.12. The fourth-order valence-corrected chi connectivity index (χ4v) is 0.586. The van der Waals surface area contributed by atoms with E-state index in [1.165, 1.54) is 5.92 Å². The smallest absolute Gasteiger partial charge is 0.327 e. The molecular weight excluding hydrogens is 140 g/mol. The van der Waals surface area contributed by atoms with Crippen LogP contribution in [-0.2, 0) is 0 Å². The van der Waals surface area contributed by atoms with Crippen molar-refractivity contribution in [3.05, 3.63) is 0 Å². The molecule has 1 rings (SSSR count). The van der Waals surface area contributed by atoms with E-state index in [1.54, 1.807) is 0 Å². The van der Waals surface area contributed by atoms with Crippen LogP contribution in [0.3, 0.4) is 0 Å². The van der Waals surface area contributed by atoms with Crippen molar-refractivity contribution >= 4 is 0 Å². The van der Waals surface area contributed by atoms with E-state index in [2.05, 4.69) is 17.3 Å². The molecule has 0 unspecified atom stereocenters. The molecule has 0 atom stereocenters. The molecule has 1 saturated heterocycles. The minimum Gasteiger partial charge on any atom is -0.327 e. The van der Waals surface area contributed by atoms with E-state index >= 15 is 0 Å². The normalized spacial score (nSPS) is 21.8. The van der Waals surface area contributed by atoms with Crippen LogP contribution in [0, 0.1) is 12.3 Å². The molecule has 1 heterocycles. The average molecular weight is 147 g/mol. The van der Waals surface area contributed by atoms with Crippen LogP contribution in [0.25, 0.3) is 0 Å². The van der Waals surface area contributed by atoms with Crippen LogP contribution in [0.1, 0.15) is 0 Å². The third-order valence-electron chi connectivity index (χ3n) is 1.45. The van der Waals surface area contributed by atoms with Gasteiger partial charge in [-0.25, -0.2) is 10.9 Å². The lowest BCUT2D eigenvalue weighted by atomic mass is 10.1. The second kappa shape index (κ2) is 1.89. The monoisotopic (exact) mass is 147 g/mol. The Morgan fingerprint density at radius 3 is 2.20 bits per heavy atom. The van der Waals surface area contributed by atoms with E-state index < -0.39 is 11.6 Å². The first-order valence-electron chi connectivity index (χ1n) is 2.68. The summed E-state index contributed by atoms with van der Waals surface area (Å²) in [7, 11) is 0. The van der Waals surface area contributed by atoms with Crippen LogP contribution >= 0.6 is 0 Å². The molecular formula is C5H7F2N3. The largest absolute Gasteiger partial charge is 0.342 e. The highest BCUT2D eigenvalue weighted by molar-refractivity contribution is 5.19. The summed E-state index contributed by atoms with van der Waals surface area (Å²) >= 11 is 0. The molecule has 1 fully saturated rings. The summed E-state index contributed by atoms with van der Waals surface area (Å²) in [5, 5.41) is 0. The Kier molecular flexibility index (Phi) is 1.40. The zero-order valence-electron chi connectivity index (χ0n) is 5.12. The fraction of sp³-hybridized carbons (Fsp3) is 0.600. The van der Waals surface area contributed by atoms with Crippen LogP contribution in [-0.4, -0.2) is 18.1 Å². The lowest BCUT2D eigenvalue weighted by molar-refractivity contribution is 0.0208. The Hall–Kier alpha value is -0.700. The second-order valence-electron chi connectivity index (χ2n) is 2.08. The third kappa shape index (κ3) is 0.778. The first-order chi connectivity index (χ1) is 4.58. The van der Waals surface area contributed by atoms with Gasteiger partial charge in [0.25, 0.3) is 0 Å². The summed E-state index contributed by atoms with van der Waals surface area (Å²) in [4.78, 5) is 0. The summed E-state index contributed by atoms with van der Waals surface area (Å²) in [6, 6.07) is 0. The molecule has 0 aromatic heterocycles. The lowest BCUT2D eigenvalue weighted by Gasteiger charge is -2.15. The number of hydrogen-bond donors (Lipinski definition) is 3. The molecule has 56 valence electrons. The number of alkyl halides is 2. The predicted octanol–water partition coefficient (Wildman–Crippen LogP) is -0.982. The van der Waals surface area contributed by atoms with Crippen molar-refractivity contribution in [2.75, 3.05) is 6.54 Å². The highest BCUT2D eigenvalue weighted by Gasteiger charge is 2.60. The van der Waals surface area contributed by atoms with Gasteiger partial charge in [-0.3, -0.25) is 0 Å². The Labute approximate surface area is 56.9 Å². The van der Waals surface area contributed by atoms with E-state index in [9.17, 15) is 8.78 Å². The molecule has 0 aromatic carbocycles. The maximum absolute atomic E-state index is 12.6. The van der Waals surface area contributed by atoms with Crippen LogP contribution < -0.4 is 16.6 Å². The van der Waals surface area contributed by atoms with E-state index in [4.69, 9.17) is 5.73 Å². The van der Waals surface area contributed by atoms with Gasteiger partial charge >= 0.3 is 5.92 Å². The van der Waals surface area contributed by atoms with Crippen molar-refractivity contribution in [3.63, 3.8) is 0 Å². The summed E-state index contributed by atoms with van der Waals surface area (Å²) < 4.78 is 25.1. The Morgan fingerprint density at radius 2 is 2.10 bits per heavy atom. The van der Waals surface area contributed by atoms with Gasteiger partial charge in [-0.1, -0.05) is 0 Å². The Morgan fingerprint density at radius 1 is 1.60 bits per heavy atom. The van der Waals surface area contributed by atoms with Gasteiger partial charge in [0.15, 0.2) is 5.66 Å². The zero-order chi connectivity index (χ0) is 7.83. The minimum atomic E-state index is -3.22. The topological polar surface area (TPSA) is 69.9 Å². The predicted molar refractivity (Wildman–Crippen MR) is 31.8 cm³/mol. The van der Waals surface area contributed by atoms with Crippen LogP contribution in [0.2, 0.25) is 0 Å². The standard InChI is InChI=1S/C5H7F2N3/c1-2-4(6,7)5(3-8)9-10-5/h1,9-10H,3,8H2. The van der Waals surface area contributed by atoms with E-state index in [0.717, 1.165) is 0 Å². The highest BCUT2D eigenvalue weighted by Crippen LogP contribution is 2.30. The first kappa shape index (κ1) is 7.41. The molecule has 0 aromatic rings. The number of hydrogen-bond acceptors (Lipinski definition) is 3. The van der Waals surface area contributed by atoms with Gasteiger partial charge < -0.3 is 5.73 Å². The molecule has 0 amide bonds. The molecule has 4 N–H and O–H groups in total. The number of nitrogens with one attached hydrogen (secondary N) is 2. The van der Waals surface area contributed by atoms with Gasteiger partial charge in [-0.2, -0.15) is 8.78 Å². The Bertz CT molecular complexity index is 180. The van der Waals surface area contributed by atoms with Crippen molar-refractivity contribution < 1.29 is 8.78 Å². The molecule has 0 spiro atoms. The minimum absolute atomic E-state index is 0.232. The molecule has 0 aliphatic carbocycles. The maximum atomic E-state index is 12.6. The molecule has 1 aliphatic rings. The molecule has 5 heteroatoms. The number of halogens is 2. The molecule has 0 bridgehead atoms. The number of terminal acetylenes is 1. The third-order valence-corrected chi connectivity index (χ3v) is 1.45. The van der Waals surface area contributed by atoms with Gasteiger partial charge in [0.05, 0.1) is 0 Å². The Balaban J connectivity index is 2.74. The van der Waals surface area contributed by atoms with E-state index in [0.29, 0.717) is 0 Å². The van der Waals surface area contributed by atoms with Gasteiger partial charge in [-0.05, 0) is 5.92 Å². The van der Waals surface area contributed by atoms with Crippen LogP contribution in [0.4, 0.5) is 8.78 Å². The molecule has 0 radical (unpaired) electrons. The average Bonchev–Trinajstić information content (AvgIpc) is 2.67. The van der Waals surface area contributed by atoms with Crippen molar-refractivity contribution in [1.82, 2.24) is 10.9 Å². The van der Waals surface area contributed by atoms with Gasteiger partial charge in [0.1, 0.15) is 0 Å². The summed E-state index contributed by atoms with van der Waals surface area (Å²) in [5.41, 5.74) is 7.92. The van der Waals surface area contributed by atoms with E-state index in [-0.39, 0.29) is 6.54 Å². The SMILES string of the molecule is C#CC(F)(F)C1(CN)NN1.